The highest BCUT2D eigenvalue weighted by Gasteiger charge is 2.20. The molecule has 2 aromatic rings. The van der Waals surface area contributed by atoms with Crippen LogP contribution in [0.4, 0.5) is 5.13 Å². The van der Waals surface area contributed by atoms with Crippen LogP contribution in [0.2, 0.25) is 0 Å². The van der Waals surface area contributed by atoms with Crippen LogP contribution in [0.5, 0.6) is 0 Å². The summed E-state index contributed by atoms with van der Waals surface area (Å²) in [5.41, 5.74) is 1.04. The van der Waals surface area contributed by atoms with Gasteiger partial charge in [0, 0.05) is 17.6 Å². The van der Waals surface area contributed by atoms with E-state index in [1.54, 1.807) is 11.3 Å². The molecule has 0 bridgehead atoms. The van der Waals surface area contributed by atoms with Crippen LogP contribution < -0.4 is 4.90 Å². The second kappa shape index (κ2) is 4.55. The van der Waals surface area contributed by atoms with Gasteiger partial charge in [0.15, 0.2) is 5.13 Å². The third-order valence-electron chi connectivity index (χ3n) is 3.01. The molecule has 17 heavy (non-hydrogen) atoms. The molecule has 90 valence electrons. The first-order valence-corrected chi connectivity index (χ1v) is 7.32. The first-order valence-electron chi connectivity index (χ1n) is 5.71. The highest BCUT2D eigenvalue weighted by Crippen LogP contribution is 2.32. The van der Waals surface area contributed by atoms with Crippen molar-refractivity contribution in [3.8, 4) is 0 Å². The molecule has 1 aliphatic heterocycles. The van der Waals surface area contributed by atoms with Crippen molar-refractivity contribution in [3.05, 3.63) is 22.7 Å². The van der Waals surface area contributed by atoms with E-state index in [1.807, 2.05) is 12.1 Å². The number of hydrogen-bond acceptors (Lipinski definition) is 4. The van der Waals surface area contributed by atoms with E-state index in [9.17, 15) is 5.11 Å². The summed E-state index contributed by atoms with van der Waals surface area (Å²) in [5.74, 6) is 0. The van der Waals surface area contributed by atoms with Crippen LogP contribution >= 0.6 is 27.3 Å². The Morgan fingerprint density at radius 2 is 2.35 bits per heavy atom. The maximum Gasteiger partial charge on any atom is 0.186 e. The van der Waals surface area contributed by atoms with Crippen molar-refractivity contribution in [1.82, 2.24) is 4.98 Å². The molecule has 5 heteroatoms. The van der Waals surface area contributed by atoms with E-state index in [0.29, 0.717) is 6.54 Å². The molecule has 0 aliphatic carbocycles. The molecule has 3 nitrogen and oxygen atoms in total. The van der Waals surface area contributed by atoms with Crippen LogP contribution in [0.25, 0.3) is 10.2 Å². The fourth-order valence-corrected chi connectivity index (χ4v) is 3.70. The molecule has 3 rings (SSSR count). The number of aromatic nitrogens is 1. The van der Waals surface area contributed by atoms with E-state index in [4.69, 9.17) is 0 Å². The molecule has 0 spiro atoms. The molecule has 2 heterocycles. The second-order valence-electron chi connectivity index (χ2n) is 4.35. The maximum atomic E-state index is 9.69. The number of rotatable bonds is 1. The number of anilines is 1. The van der Waals surface area contributed by atoms with Crippen LogP contribution in [-0.4, -0.2) is 29.3 Å². The largest absolute Gasteiger partial charge is 0.391 e. The third kappa shape index (κ3) is 2.32. The van der Waals surface area contributed by atoms with E-state index >= 15 is 0 Å². The van der Waals surface area contributed by atoms with Gasteiger partial charge in [0.2, 0.25) is 0 Å². The Bertz CT molecular complexity index is 542. The lowest BCUT2D eigenvalue weighted by atomic mass is 10.1. The zero-order chi connectivity index (χ0) is 11.8. The molecule has 1 fully saturated rings. The fourth-order valence-electron chi connectivity index (χ4n) is 2.15. The maximum absolute atomic E-state index is 9.69. The summed E-state index contributed by atoms with van der Waals surface area (Å²) in [7, 11) is 0. The smallest absolute Gasteiger partial charge is 0.186 e. The average molecular weight is 313 g/mol. The van der Waals surface area contributed by atoms with Gasteiger partial charge in [-0.05, 0) is 31.0 Å². The number of aliphatic hydroxyl groups excluding tert-OH is 1. The van der Waals surface area contributed by atoms with Crippen molar-refractivity contribution in [2.75, 3.05) is 18.0 Å². The van der Waals surface area contributed by atoms with Crippen LogP contribution in [0.3, 0.4) is 0 Å². The van der Waals surface area contributed by atoms with E-state index in [2.05, 4.69) is 31.9 Å². The number of aliphatic hydroxyl groups is 1. The molecule has 1 atom stereocenters. The Labute approximate surface area is 112 Å². The van der Waals surface area contributed by atoms with E-state index in [1.165, 1.54) is 4.70 Å². The van der Waals surface area contributed by atoms with Crippen molar-refractivity contribution in [3.63, 3.8) is 0 Å². The number of β-amino-alcohol motifs (C(OH)–C–C–N with tert-alkyl or cyclic N) is 1. The Hall–Kier alpha value is -0.650. The highest BCUT2D eigenvalue weighted by atomic mass is 79.9. The summed E-state index contributed by atoms with van der Waals surface area (Å²) in [4.78, 5) is 6.81. The Morgan fingerprint density at radius 3 is 3.18 bits per heavy atom. The number of piperidine rings is 1. The monoisotopic (exact) mass is 312 g/mol. The minimum absolute atomic E-state index is 0.206. The van der Waals surface area contributed by atoms with Gasteiger partial charge in [0.05, 0.1) is 16.3 Å². The molecule has 0 unspecified atom stereocenters. The Kier molecular flexibility index (Phi) is 3.06. The van der Waals surface area contributed by atoms with Crippen LogP contribution in [0, 0.1) is 0 Å². The van der Waals surface area contributed by atoms with Crippen molar-refractivity contribution in [1.29, 1.82) is 0 Å². The van der Waals surface area contributed by atoms with Crippen molar-refractivity contribution in [2.24, 2.45) is 0 Å². The van der Waals surface area contributed by atoms with Gasteiger partial charge in [-0.15, -0.1) is 0 Å². The van der Waals surface area contributed by atoms with Gasteiger partial charge in [0.25, 0.3) is 0 Å². The summed E-state index contributed by atoms with van der Waals surface area (Å²) in [6, 6.07) is 6.13. The lowest BCUT2D eigenvalue weighted by Crippen LogP contribution is -2.38. The molecular formula is C12H13BrN2OS. The molecule has 1 aromatic carbocycles. The minimum Gasteiger partial charge on any atom is -0.391 e. The van der Waals surface area contributed by atoms with Gasteiger partial charge in [-0.3, -0.25) is 0 Å². The van der Waals surface area contributed by atoms with Gasteiger partial charge in [0.1, 0.15) is 0 Å². The molecule has 0 radical (unpaired) electrons. The third-order valence-corrected chi connectivity index (χ3v) is 4.58. The van der Waals surface area contributed by atoms with E-state index in [-0.39, 0.29) is 6.10 Å². The van der Waals surface area contributed by atoms with Crippen LogP contribution in [-0.2, 0) is 0 Å². The van der Waals surface area contributed by atoms with Crippen LogP contribution in [0.15, 0.2) is 22.7 Å². The molecule has 0 saturated carbocycles. The van der Waals surface area contributed by atoms with Gasteiger partial charge >= 0.3 is 0 Å². The van der Waals surface area contributed by atoms with Gasteiger partial charge in [-0.2, -0.15) is 0 Å². The zero-order valence-corrected chi connectivity index (χ0v) is 11.7. The summed E-state index contributed by atoms with van der Waals surface area (Å²) in [6.45, 7) is 1.71. The van der Waals surface area contributed by atoms with Crippen molar-refractivity contribution < 1.29 is 5.11 Å². The van der Waals surface area contributed by atoms with E-state index < -0.39 is 0 Å². The lowest BCUT2D eigenvalue weighted by Gasteiger charge is -2.29. The molecule has 1 saturated heterocycles. The predicted molar refractivity (Wildman–Crippen MR) is 74.8 cm³/mol. The topological polar surface area (TPSA) is 36.4 Å². The quantitative estimate of drug-likeness (QED) is 0.879. The second-order valence-corrected chi connectivity index (χ2v) is 6.28. The first-order chi connectivity index (χ1) is 8.22. The van der Waals surface area contributed by atoms with Gasteiger partial charge in [-0.1, -0.05) is 27.3 Å². The number of fused-ring (bicyclic) bond motifs is 1. The van der Waals surface area contributed by atoms with Crippen molar-refractivity contribution in [2.45, 2.75) is 18.9 Å². The predicted octanol–water partition coefficient (Wildman–Crippen LogP) is 3.02. The average Bonchev–Trinajstić information content (AvgIpc) is 2.72. The van der Waals surface area contributed by atoms with Gasteiger partial charge in [-0.25, -0.2) is 4.98 Å². The summed E-state index contributed by atoms with van der Waals surface area (Å²) >= 11 is 5.17. The normalized spacial score (nSPS) is 21.1. The standard InChI is InChI=1S/C12H13BrN2OS/c13-8-3-4-10-11(6-8)17-12(14-10)15-5-1-2-9(16)7-15/h3-4,6,9,16H,1-2,5,7H2/t9-/m1/s1. The molecular weight excluding hydrogens is 300 g/mol. The lowest BCUT2D eigenvalue weighted by molar-refractivity contribution is 0.154. The number of benzene rings is 1. The molecule has 0 amide bonds. The molecule has 1 N–H and O–H groups in total. The van der Waals surface area contributed by atoms with E-state index in [0.717, 1.165) is 34.5 Å². The number of halogens is 1. The Balaban J connectivity index is 1.94. The summed E-state index contributed by atoms with van der Waals surface area (Å²) in [6.07, 6.45) is 1.75. The number of thiazole rings is 1. The first kappa shape index (κ1) is 11.4. The molecule has 1 aromatic heterocycles. The highest BCUT2D eigenvalue weighted by molar-refractivity contribution is 9.10. The summed E-state index contributed by atoms with van der Waals surface area (Å²) < 4.78 is 2.27. The fraction of sp³-hybridized carbons (Fsp3) is 0.417. The van der Waals surface area contributed by atoms with Crippen LogP contribution in [0.1, 0.15) is 12.8 Å². The van der Waals surface area contributed by atoms with Gasteiger partial charge < -0.3 is 10.0 Å². The SMILES string of the molecule is O[C@@H]1CCCN(c2nc3ccc(Br)cc3s2)C1. The minimum atomic E-state index is -0.206. The van der Waals surface area contributed by atoms with Crippen molar-refractivity contribution >= 4 is 42.6 Å². The number of nitrogens with zero attached hydrogens (tertiary/aromatic N) is 2. The molecule has 1 aliphatic rings. The summed E-state index contributed by atoms with van der Waals surface area (Å²) in [5, 5.41) is 10.7. The zero-order valence-electron chi connectivity index (χ0n) is 9.27. The Morgan fingerprint density at radius 1 is 1.47 bits per heavy atom. The number of hydrogen-bond donors (Lipinski definition) is 1.